The number of rotatable bonds is 1. The second-order valence-electron chi connectivity index (χ2n) is 5.83. The second kappa shape index (κ2) is 3.92. The van der Waals surface area contributed by atoms with Crippen LogP contribution in [0.1, 0.15) is 59.8 Å². The molecular weight excluding hydrogens is 174 g/mol. The third-order valence-electron chi connectivity index (χ3n) is 2.99. The molecule has 14 heavy (non-hydrogen) atoms. The molecule has 1 amide bonds. The molecule has 2 heteroatoms. The molecule has 0 heterocycles. The highest BCUT2D eigenvalue weighted by molar-refractivity contribution is 5.82. The maximum atomic E-state index is 12.0. The van der Waals surface area contributed by atoms with Gasteiger partial charge in [-0.1, -0.05) is 26.2 Å². The third-order valence-corrected chi connectivity index (χ3v) is 2.99. The molecule has 82 valence electrons. The van der Waals surface area contributed by atoms with Gasteiger partial charge in [-0.15, -0.1) is 0 Å². The Morgan fingerprint density at radius 2 is 1.64 bits per heavy atom. The van der Waals surface area contributed by atoms with Gasteiger partial charge in [0.2, 0.25) is 5.91 Å². The largest absolute Gasteiger partial charge is 0.351 e. The molecule has 1 N–H and O–H groups in total. The summed E-state index contributed by atoms with van der Waals surface area (Å²) >= 11 is 0. The van der Waals surface area contributed by atoms with Crippen molar-refractivity contribution in [2.24, 2.45) is 5.41 Å². The normalized spacial score (nSPS) is 21.7. The first kappa shape index (κ1) is 11.5. The van der Waals surface area contributed by atoms with Gasteiger partial charge >= 0.3 is 0 Å². The number of hydrogen-bond donors (Lipinski definition) is 1. The van der Waals surface area contributed by atoms with E-state index >= 15 is 0 Å². The van der Waals surface area contributed by atoms with Crippen molar-refractivity contribution in [3.8, 4) is 0 Å². The number of carbonyl (C=O) groups excluding carboxylic acids is 1. The molecule has 0 aliphatic heterocycles. The lowest BCUT2D eigenvalue weighted by Crippen LogP contribution is -2.48. The molecule has 0 bridgehead atoms. The van der Waals surface area contributed by atoms with Gasteiger partial charge in [-0.05, 0) is 33.6 Å². The van der Waals surface area contributed by atoms with Crippen LogP contribution in [0.25, 0.3) is 0 Å². The van der Waals surface area contributed by atoms with E-state index in [1.807, 2.05) is 20.8 Å². The molecule has 0 radical (unpaired) electrons. The van der Waals surface area contributed by atoms with Gasteiger partial charge in [0.25, 0.3) is 0 Å². The first-order valence-electron chi connectivity index (χ1n) is 5.66. The highest BCUT2D eigenvalue weighted by Gasteiger charge is 2.35. The molecule has 0 spiro atoms. The monoisotopic (exact) mass is 197 g/mol. The van der Waals surface area contributed by atoms with Crippen LogP contribution >= 0.6 is 0 Å². The summed E-state index contributed by atoms with van der Waals surface area (Å²) in [4.78, 5) is 12.0. The van der Waals surface area contributed by atoms with Gasteiger partial charge < -0.3 is 5.32 Å². The Morgan fingerprint density at radius 3 is 2.07 bits per heavy atom. The lowest BCUT2D eigenvalue weighted by molar-refractivity contribution is -0.133. The van der Waals surface area contributed by atoms with E-state index in [9.17, 15) is 4.79 Å². The van der Waals surface area contributed by atoms with Crippen LogP contribution in [0.5, 0.6) is 0 Å². The molecule has 0 atom stereocenters. The molecule has 1 aliphatic rings. The Morgan fingerprint density at radius 1 is 1.14 bits per heavy atom. The molecule has 0 aromatic carbocycles. The van der Waals surface area contributed by atoms with Gasteiger partial charge in [-0.2, -0.15) is 0 Å². The summed E-state index contributed by atoms with van der Waals surface area (Å²) in [7, 11) is 0. The maximum Gasteiger partial charge on any atom is 0.226 e. The fourth-order valence-electron chi connectivity index (χ4n) is 2.05. The molecule has 1 fully saturated rings. The predicted molar refractivity (Wildman–Crippen MR) is 59.1 cm³/mol. The molecule has 1 aliphatic carbocycles. The van der Waals surface area contributed by atoms with Crippen LogP contribution < -0.4 is 5.32 Å². The van der Waals surface area contributed by atoms with E-state index in [1.54, 1.807) is 0 Å². The molecule has 1 saturated carbocycles. The van der Waals surface area contributed by atoms with Crippen LogP contribution in [0.15, 0.2) is 0 Å². The summed E-state index contributed by atoms with van der Waals surface area (Å²) in [5.74, 6) is 0.240. The van der Waals surface area contributed by atoms with Crippen LogP contribution in [0.2, 0.25) is 0 Å². The standard InChI is InChI=1S/C12H23NO/c1-11(2,3)13-10(14)12(4)8-6-5-7-9-12/h5-9H2,1-4H3,(H,13,14). The predicted octanol–water partition coefficient (Wildman–Crippen LogP) is 2.87. The first-order chi connectivity index (χ1) is 6.33. The zero-order valence-electron chi connectivity index (χ0n) is 9.94. The number of amides is 1. The molecule has 1 rings (SSSR count). The zero-order valence-corrected chi connectivity index (χ0v) is 9.94. The van der Waals surface area contributed by atoms with E-state index in [0.29, 0.717) is 0 Å². The minimum absolute atomic E-state index is 0.0997. The van der Waals surface area contributed by atoms with Gasteiger partial charge in [-0.25, -0.2) is 0 Å². The molecule has 2 nitrogen and oxygen atoms in total. The van der Waals surface area contributed by atoms with Crippen molar-refractivity contribution >= 4 is 5.91 Å². The number of carbonyl (C=O) groups is 1. The van der Waals surface area contributed by atoms with E-state index in [0.717, 1.165) is 12.8 Å². The third kappa shape index (κ3) is 3.00. The summed E-state index contributed by atoms with van der Waals surface area (Å²) in [5, 5.41) is 3.09. The molecular formula is C12H23NO. The maximum absolute atomic E-state index is 12.0. The van der Waals surface area contributed by atoms with E-state index < -0.39 is 0 Å². The highest BCUT2D eigenvalue weighted by atomic mass is 16.2. The number of hydrogen-bond acceptors (Lipinski definition) is 1. The summed E-state index contributed by atoms with van der Waals surface area (Å²) in [6.45, 7) is 8.22. The Hall–Kier alpha value is -0.530. The topological polar surface area (TPSA) is 29.1 Å². The minimum atomic E-state index is -0.106. The lowest BCUT2D eigenvalue weighted by atomic mass is 9.74. The molecule has 0 aromatic heterocycles. The van der Waals surface area contributed by atoms with E-state index in [4.69, 9.17) is 0 Å². The quantitative estimate of drug-likeness (QED) is 0.688. The van der Waals surface area contributed by atoms with Gasteiger partial charge in [-0.3, -0.25) is 4.79 Å². The van der Waals surface area contributed by atoms with Crippen molar-refractivity contribution in [1.29, 1.82) is 0 Å². The van der Waals surface area contributed by atoms with Crippen LogP contribution in [0, 0.1) is 5.41 Å². The summed E-state index contributed by atoms with van der Waals surface area (Å²) in [5.41, 5.74) is -0.205. The molecule has 0 unspecified atom stereocenters. The average Bonchev–Trinajstić information content (AvgIpc) is 2.02. The lowest BCUT2D eigenvalue weighted by Gasteiger charge is -2.35. The van der Waals surface area contributed by atoms with Crippen molar-refractivity contribution < 1.29 is 4.79 Å². The van der Waals surface area contributed by atoms with E-state index in [-0.39, 0.29) is 16.9 Å². The van der Waals surface area contributed by atoms with Crippen molar-refractivity contribution in [2.75, 3.05) is 0 Å². The van der Waals surface area contributed by atoms with Gasteiger partial charge in [0, 0.05) is 11.0 Å². The van der Waals surface area contributed by atoms with Crippen molar-refractivity contribution in [3.05, 3.63) is 0 Å². The van der Waals surface area contributed by atoms with Crippen LogP contribution in [-0.4, -0.2) is 11.4 Å². The van der Waals surface area contributed by atoms with Crippen LogP contribution in [0.3, 0.4) is 0 Å². The SMILES string of the molecule is CC(C)(C)NC(=O)C1(C)CCCCC1. The Balaban J connectivity index is 2.58. The van der Waals surface area contributed by atoms with Gasteiger partial charge in [0.05, 0.1) is 0 Å². The fraction of sp³-hybridized carbons (Fsp3) is 0.917. The van der Waals surface area contributed by atoms with E-state index in [1.165, 1.54) is 19.3 Å². The second-order valence-corrected chi connectivity index (χ2v) is 5.83. The van der Waals surface area contributed by atoms with Crippen molar-refractivity contribution in [3.63, 3.8) is 0 Å². The van der Waals surface area contributed by atoms with Crippen molar-refractivity contribution in [1.82, 2.24) is 5.32 Å². The smallest absolute Gasteiger partial charge is 0.226 e. The molecule has 0 saturated heterocycles. The fourth-order valence-corrected chi connectivity index (χ4v) is 2.05. The zero-order chi connectivity index (χ0) is 10.8. The summed E-state index contributed by atoms with van der Waals surface area (Å²) in [6, 6.07) is 0. The highest BCUT2D eigenvalue weighted by Crippen LogP contribution is 2.36. The van der Waals surface area contributed by atoms with Crippen molar-refractivity contribution in [2.45, 2.75) is 65.3 Å². The van der Waals surface area contributed by atoms with Crippen LogP contribution in [0.4, 0.5) is 0 Å². The Kier molecular flexibility index (Phi) is 3.23. The first-order valence-corrected chi connectivity index (χ1v) is 5.66. The van der Waals surface area contributed by atoms with E-state index in [2.05, 4.69) is 12.2 Å². The molecule has 0 aromatic rings. The Labute approximate surface area is 87.5 Å². The summed E-state index contributed by atoms with van der Waals surface area (Å²) in [6.07, 6.45) is 5.80. The number of nitrogens with one attached hydrogen (secondary N) is 1. The van der Waals surface area contributed by atoms with Gasteiger partial charge in [0.1, 0.15) is 0 Å². The Bertz CT molecular complexity index is 209. The minimum Gasteiger partial charge on any atom is -0.351 e. The van der Waals surface area contributed by atoms with Crippen LogP contribution in [-0.2, 0) is 4.79 Å². The summed E-state index contributed by atoms with van der Waals surface area (Å²) < 4.78 is 0. The average molecular weight is 197 g/mol. The van der Waals surface area contributed by atoms with Gasteiger partial charge in [0.15, 0.2) is 0 Å².